The second-order valence-electron chi connectivity index (χ2n) is 9.51. The molecule has 0 bridgehead atoms. The van der Waals surface area contributed by atoms with Crippen molar-refractivity contribution < 1.29 is 19.1 Å². The third-order valence-corrected chi connectivity index (χ3v) is 7.47. The zero-order valence-electron chi connectivity index (χ0n) is 24.6. The first-order valence-electron chi connectivity index (χ1n) is 14.7. The summed E-state index contributed by atoms with van der Waals surface area (Å²) >= 11 is 11.7. The number of nitrogens with zero attached hydrogens (tertiary/aromatic N) is 2. The Bertz CT molecular complexity index is 972. The number of amides is 2. The Morgan fingerprint density at radius 3 is 1.30 bits per heavy atom. The van der Waals surface area contributed by atoms with Gasteiger partial charge in [-0.2, -0.15) is 0 Å². The van der Waals surface area contributed by atoms with Crippen molar-refractivity contribution in [1.29, 1.82) is 0 Å². The molecular formula is C32H46Cl2N2O4. The lowest BCUT2D eigenvalue weighted by Crippen LogP contribution is -2.32. The van der Waals surface area contributed by atoms with Crippen LogP contribution in [-0.4, -0.2) is 72.8 Å². The van der Waals surface area contributed by atoms with Crippen molar-refractivity contribution in [2.24, 2.45) is 0 Å². The Morgan fingerprint density at radius 1 is 0.600 bits per heavy atom. The maximum Gasteiger partial charge on any atom is 0.254 e. The SMILES string of the molecule is CCN(CC)C(=O)c1cccc(OCCCCCCl)c1-c1c(OCCCCCCl)cccc1C(=O)N(CC)CC. The van der Waals surface area contributed by atoms with Crippen molar-refractivity contribution in [2.75, 3.05) is 51.2 Å². The first kappa shape index (κ1) is 33.8. The Balaban J connectivity index is 2.74. The van der Waals surface area contributed by atoms with Gasteiger partial charge in [-0.05, 0) is 90.5 Å². The number of ether oxygens (including phenoxy) is 2. The fourth-order valence-electron chi connectivity index (χ4n) is 4.65. The van der Waals surface area contributed by atoms with E-state index in [1.165, 1.54) is 0 Å². The molecule has 0 fully saturated rings. The van der Waals surface area contributed by atoms with Crippen LogP contribution < -0.4 is 9.47 Å². The number of hydrogen-bond acceptors (Lipinski definition) is 4. The zero-order chi connectivity index (χ0) is 29.3. The molecule has 6 nitrogen and oxygen atoms in total. The van der Waals surface area contributed by atoms with Gasteiger partial charge in [0.1, 0.15) is 11.5 Å². The number of benzene rings is 2. The van der Waals surface area contributed by atoms with Gasteiger partial charge in [-0.1, -0.05) is 12.1 Å². The number of rotatable bonds is 19. The summed E-state index contributed by atoms with van der Waals surface area (Å²) < 4.78 is 12.7. The highest BCUT2D eigenvalue weighted by atomic mass is 35.5. The molecule has 0 saturated carbocycles. The van der Waals surface area contributed by atoms with Crippen LogP contribution in [0, 0.1) is 0 Å². The Kier molecular flexibility index (Phi) is 15.9. The van der Waals surface area contributed by atoms with Crippen LogP contribution in [0.4, 0.5) is 0 Å². The molecule has 40 heavy (non-hydrogen) atoms. The average molecular weight is 594 g/mol. The predicted octanol–water partition coefficient (Wildman–Crippen LogP) is 7.89. The molecule has 0 aromatic heterocycles. The van der Waals surface area contributed by atoms with E-state index in [-0.39, 0.29) is 11.8 Å². The van der Waals surface area contributed by atoms with Crippen LogP contribution >= 0.6 is 23.2 Å². The maximum absolute atomic E-state index is 13.8. The van der Waals surface area contributed by atoms with E-state index in [0.717, 1.165) is 38.5 Å². The minimum absolute atomic E-state index is 0.106. The van der Waals surface area contributed by atoms with E-state index >= 15 is 0 Å². The van der Waals surface area contributed by atoms with Gasteiger partial charge >= 0.3 is 0 Å². The van der Waals surface area contributed by atoms with Crippen molar-refractivity contribution in [2.45, 2.75) is 66.2 Å². The van der Waals surface area contributed by atoms with Gasteiger partial charge in [0.15, 0.2) is 0 Å². The molecule has 0 aliphatic heterocycles. The first-order valence-corrected chi connectivity index (χ1v) is 15.8. The summed E-state index contributed by atoms with van der Waals surface area (Å²) in [6.07, 6.45) is 5.41. The third kappa shape index (κ3) is 9.31. The summed E-state index contributed by atoms with van der Waals surface area (Å²) in [5, 5.41) is 0. The number of carbonyl (C=O) groups excluding carboxylic acids is 2. The van der Waals surface area contributed by atoms with E-state index < -0.39 is 0 Å². The summed E-state index contributed by atoms with van der Waals surface area (Å²) in [6.45, 7) is 11.1. The Labute approximate surface area is 250 Å². The van der Waals surface area contributed by atoms with Crippen molar-refractivity contribution >= 4 is 35.0 Å². The smallest absolute Gasteiger partial charge is 0.254 e. The Hall–Kier alpha value is -2.44. The van der Waals surface area contributed by atoms with Gasteiger partial charge in [-0.25, -0.2) is 0 Å². The van der Waals surface area contributed by atoms with Crippen LogP contribution in [0.1, 0.15) is 86.9 Å². The van der Waals surface area contributed by atoms with Crippen LogP contribution in [0.2, 0.25) is 0 Å². The molecule has 0 unspecified atom stereocenters. The first-order chi connectivity index (χ1) is 19.5. The topological polar surface area (TPSA) is 59.1 Å². The van der Waals surface area contributed by atoms with Crippen molar-refractivity contribution in [3.05, 3.63) is 47.5 Å². The molecule has 0 heterocycles. The average Bonchev–Trinajstić information content (AvgIpc) is 2.97. The summed E-state index contributed by atoms with van der Waals surface area (Å²) in [7, 11) is 0. The van der Waals surface area contributed by atoms with Gasteiger partial charge in [0.2, 0.25) is 0 Å². The highest BCUT2D eigenvalue weighted by Crippen LogP contribution is 2.42. The van der Waals surface area contributed by atoms with Crippen molar-refractivity contribution in [1.82, 2.24) is 9.80 Å². The number of unbranched alkanes of at least 4 members (excludes halogenated alkanes) is 4. The lowest BCUT2D eigenvalue weighted by Gasteiger charge is -2.26. The van der Waals surface area contributed by atoms with Crippen LogP contribution in [0.25, 0.3) is 11.1 Å². The minimum atomic E-state index is -0.106. The summed E-state index contributed by atoms with van der Waals surface area (Å²) in [5.41, 5.74) is 2.19. The summed E-state index contributed by atoms with van der Waals surface area (Å²) in [4.78, 5) is 31.3. The molecule has 8 heteroatoms. The van der Waals surface area contributed by atoms with Gasteiger partial charge in [0, 0.05) is 49.1 Å². The largest absolute Gasteiger partial charge is 0.493 e. The molecule has 0 N–H and O–H groups in total. The molecular weight excluding hydrogens is 547 g/mol. The van der Waals surface area contributed by atoms with Crippen molar-refractivity contribution in [3.63, 3.8) is 0 Å². The molecule has 222 valence electrons. The van der Waals surface area contributed by atoms with Crippen LogP contribution in [0.5, 0.6) is 11.5 Å². The normalized spacial score (nSPS) is 10.8. The van der Waals surface area contributed by atoms with Crippen LogP contribution in [0.3, 0.4) is 0 Å². The number of halogens is 2. The lowest BCUT2D eigenvalue weighted by atomic mass is 9.92. The minimum Gasteiger partial charge on any atom is -0.493 e. The van der Waals surface area contributed by atoms with Gasteiger partial charge in [-0.15, -0.1) is 23.2 Å². The van der Waals surface area contributed by atoms with E-state index in [1.54, 1.807) is 9.80 Å². The molecule has 2 aromatic carbocycles. The molecule has 0 spiro atoms. The molecule has 0 aliphatic carbocycles. The number of alkyl halides is 2. The van der Waals surface area contributed by atoms with E-state index in [9.17, 15) is 9.59 Å². The Morgan fingerprint density at radius 2 is 0.975 bits per heavy atom. The summed E-state index contributed by atoms with van der Waals surface area (Å²) in [5.74, 6) is 2.15. The number of hydrogen-bond donors (Lipinski definition) is 0. The van der Waals surface area contributed by atoms with E-state index in [4.69, 9.17) is 32.7 Å². The standard InChI is InChI=1S/C32H46Cl2N2O4/c1-5-35(6-2)31(37)25-17-15-19-27(39-23-13-9-11-21-33)29(25)30-26(32(38)36(7-3)8-4)18-16-20-28(30)40-24-14-10-12-22-34/h15-20H,5-14,21-24H2,1-4H3. The van der Waals surface area contributed by atoms with E-state index in [0.29, 0.717) is 84.9 Å². The van der Waals surface area contributed by atoms with E-state index in [1.807, 2.05) is 64.1 Å². The third-order valence-electron chi connectivity index (χ3n) is 6.94. The molecule has 2 aromatic rings. The number of carbonyl (C=O) groups is 2. The van der Waals surface area contributed by atoms with Crippen molar-refractivity contribution in [3.8, 4) is 22.6 Å². The van der Waals surface area contributed by atoms with Gasteiger partial charge in [0.05, 0.1) is 24.3 Å². The van der Waals surface area contributed by atoms with Crippen LogP contribution in [-0.2, 0) is 0 Å². The predicted molar refractivity (Wildman–Crippen MR) is 167 cm³/mol. The molecule has 0 saturated heterocycles. The maximum atomic E-state index is 13.8. The molecule has 2 rings (SSSR count). The highest BCUT2D eigenvalue weighted by Gasteiger charge is 2.28. The van der Waals surface area contributed by atoms with Gasteiger partial charge in [0.25, 0.3) is 11.8 Å². The van der Waals surface area contributed by atoms with Crippen LogP contribution in [0.15, 0.2) is 36.4 Å². The van der Waals surface area contributed by atoms with E-state index in [2.05, 4.69) is 0 Å². The lowest BCUT2D eigenvalue weighted by molar-refractivity contribution is 0.0763. The highest BCUT2D eigenvalue weighted by molar-refractivity contribution is 6.18. The fourth-order valence-corrected chi connectivity index (χ4v) is 5.03. The quantitative estimate of drug-likeness (QED) is 0.123. The second-order valence-corrected chi connectivity index (χ2v) is 10.3. The monoisotopic (exact) mass is 592 g/mol. The zero-order valence-corrected chi connectivity index (χ0v) is 26.2. The second kappa shape index (κ2) is 18.8. The van der Waals surface area contributed by atoms with Gasteiger partial charge in [-0.3, -0.25) is 9.59 Å². The molecule has 0 atom stereocenters. The fraction of sp³-hybridized carbons (Fsp3) is 0.562. The van der Waals surface area contributed by atoms with Gasteiger partial charge < -0.3 is 19.3 Å². The molecule has 2 amide bonds. The molecule has 0 aliphatic rings. The molecule has 0 radical (unpaired) electrons. The summed E-state index contributed by atoms with van der Waals surface area (Å²) in [6, 6.07) is 11.1.